The van der Waals surface area contributed by atoms with Gasteiger partial charge >= 0.3 is 0 Å². The van der Waals surface area contributed by atoms with Crippen molar-refractivity contribution in [3.05, 3.63) is 51.6 Å². The van der Waals surface area contributed by atoms with Crippen molar-refractivity contribution in [3.63, 3.8) is 0 Å². The molecule has 2 heterocycles. The van der Waals surface area contributed by atoms with E-state index in [-0.39, 0.29) is 0 Å². The van der Waals surface area contributed by atoms with Gasteiger partial charge in [0.25, 0.3) is 0 Å². The molecule has 0 saturated carbocycles. The van der Waals surface area contributed by atoms with E-state index in [1.807, 2.05) is 36.7 Å². The zero-order chi connectivity index (χ0) is 13.2. The van der Waals surface area contributed by atoms with E-state index in [2.05, 4.69) is 15.3 Å². The predicted molar refractivity (Wildman–Crippen MR) is 80.9 cm³/mol. The van der Waals surface area contributed by atoms with Crippen molar-refractivity contribution in [2.24, 2.45) is 0 Å². The lowest BCUT2D eigenvalue weighted by atomic mass is 10.2. The highest BCUT2D eigenvalue weighted by Gasteiger charge is 2.06. The number of hydrogen-bond acceptors (Lipinski definition) is 4. The summed E-state index contributed by atoms with van der Waals surface area (Å²) < 4.78 is 0. The van der Waals surface area contributed by atoms with E-state index < -0.39 is 0 Å². The Morgan fingerprint density at radius 1 is 1.26 bits per heavy atom. The number of pyridine rings is 1. The maximum atomic E-state index is 6.18. The molecule has 0 bridgehead atoms. The van der Waals surface area contributed by atoms with Gasteiger partial charge in [-0.25, -0.2) is 4.98 Å². The largest absolute Gasteiger partial charge is 0.378 e. The summed E-state index contributed by atoms with van der Waals surface area (Å²) in [4.78, 5) is 9.89. The van der Waals surface area contributed by atoms with E-state index in [0.717, 1.165) is 33.9 Å². The molecule has 0 atom stereocenters. The number of rotatable bonds is 3. The molecule has 0 saturated heterocycles. The Hall–Kier alpha value is -1.65. The molecule has 3 aromatic rings. The third kappa shape index (κ3) is 2.41. The summed E-state index contributed by atoms with van der Waals surface area (Å²) in [6.45, 7) is 2.77. The van der Waals surface area contributed by atoms with Crippen LogP contribution in [0, 0.1) is 6.92 Å². The van der Waals surface area contributed by atoms with Gasteiger partial charge in [-0.1, -0.05) is 11.6 Å². The van der Waals surface area contributed by atoms with Crippen LogP contribution in [0.4, 0.5) is 5.69 Å². The van der Waals surface area contributed by atoms with Gasteiger partial charge in [0.15, 0.2) is 0 Å². The Morgan fingerprint density at radius 3 is 2.95 bits per heavy atom. The van der Waals surface area contributed by atoms with Crippen molar-refractivity contribution >= 4 is 39.5 Å². The molecule has 0 spiro atoms. The standard InChI is InChI=1S/C14H12ClN3S/c1-9-13(19-8-18-9)7-17-12-5-4-11(15)10-3-2-6-16-14(10)12/h2-6,8,17H,7H2,1H3. The van der Waals surface area contributed by atoms with Crippen LogP contribution in [0.5, 0.6) is 0 Å². The molecule has 5 heteroatoms. The number of benzene rings is 1. The fourth-order valence-electron chi connectivity index (χ4n) is 1.95. The van der Waals surface area contributed by atoms with Gasteiger partial charge in [-0.15, -0.1) is 11.3 Å². The Bertz CT molecular complexity index is 724. The van der Waals surface area contributed by atoms with E-state index >= 15 is 0 Å². The van der Waals surface area contributed by atoms with Crippen LogP contribution in [-0.2, 0) is 6.54 Å². The average molecular weight is 290 g/mol. The molecule has 1 aromatic carbocycles. The zero-order valence-corrected chi connectivity index (χ0v) is 11.9. The fraction of sp³-hybridized carbons (Fsp3) is 0.143. The van der Waals surface area contributed by atoms with Crippen molar-refractivity contribution in [2.45, 2.75) is 13.5 Å². The molecule has 96 valence electrons. The molecule has 0 radical (unpaired) electrons. The number of thiazole rings is 1. The molecule has 0 aliphatic carbocycles. The first-order valence-electron chi connectivity index (χ1n) is 5.92. The van der Waals surface area contributed by atoms with Gasteiger partial charge in [0, 0.05) is 16.5 Å². The van der Waals surface area contributed by atoms with E-state index in [0.29, 0.717) is 0 Å². The van der Waals surface area contributed by atoms with Gasteiger partial charge in [0.2, 0.25) is 0 Å². The third-order valence-corrected chi connectivity index (χ3v) is 4.27. The van der Waals surface area contributed by atoms with Crippen LogP contribution in [0.3, 0.4) is 0 Å². The highest BCUT2D eigenvalue weighted by molar-refractivity contribution is 7.09. The minimum absolute atomic E-state index is 0.725. The number of hydrogen-bond donors (Lipinski definition) is 1. The number of aryl methyl sites for hydroxylation is 1. The summed E-state index contributed by atoms with van der Waals surface area (Å²) in [6, 6.07) is 7.74. The second-order valence-electron chi connectivity index (χ2n) is 4.21. The molecule has 2 aromatic heterocycles. The first-order valence-corrected chi connectivity index (χ1v) is 7.17. The van der Waals surface area contributed by atoms with Gasteiger partial charge in [0.05, 0.1) is 34.0 Å². The summed E-state index contributed by atoms with van der Waals surface area (Å²) in [5.41, 5.74) is 4.83. The lowest BCUT2D eigenvalue weighted by Crippen LogP contribution is -2.00. The minimum Gasteiger partial charge on any atom is -0.378 e. The van der Waals surface area contributed by atoms with Crippen molar-refractivity contribution in [3.8, 4) is 0 Å². The van der Waals surface area contributed by atoms with Crippen molar-refractivity contribution in [1.29, 1.82) is 0 Å². The van der Waals surface area contributed by atoms with E-state index in [1.165, 1.54) is 4.88 Å². The maximum absolute atomic E-state index is 6.18. The van der Waals surface area contributed by atoms with Crippen LogP contribution in [0.2, 0.25) is 5.02 Å². The van der Waals surface area contributed by atoms with Crippen molar-refractivity contribution in [1.82, 2.24) is 9.97 Å². The van der Waals surface area contributed by atoms with Crippen LogP contribution in [0.1, 0.15) is 10.6 Å². The molecule has 0 unspecified atom stereocenters. The fourth-order valence-corrected chi connectivity index (χ4v) is 2.88. The lowest BCUT2D eigenvalue weighted by molar-refractivity contribution is 1.12. The minimum atomic E-state index is 0.725. The van der Waals surface area contributed by atoms with Crippen molar-refractivity contribution in [2.75, 3.05) is 5.32 Å². The number of fused-ring (bicyclic) bond motifs is 1. The summed E-state index contributed by atoms with van der Waals surface area (Å²) in [7, 11) is 0. The number of halogens is 1. The van der Waals surface area contributed by atoms with Gasteiger partial charge in [-0.2, -0.15) is 0 Å². The van der Waals surface area contributed by atoms with Crippen molar-refractivity contribution < 1.29 is 0 Å². The second-order valence-corrected chi connectivity index (χ2v) is 5.56. The average Bonchev–Trinajstić information content (AvgIpc) is 2.84. The smallest absolute Gasteiger partial charge is 0.0948 e. The molecule has 0 fully saturated rings. The number of aromatic nitrogens is 2. The van der Waals surface area contributed by atoms with Gasteiger partial charge in [-0.05, 0) is 31.2 Å². The molecule has 19 heavy (non-hydrogen) atoms. The molecule has 1 N–H and O–H groups in total. The Kier molecular flexibility index (Phi) is 3.36. The topological polar surface area (TPSA) is 37.8 Å². The highest BCUT2D eigenvalue weighted by atomic mass is 35.5. The quantitative estimate of drug-likeness (QED) is 0.782. The lowest BCUT2D eigenvalue weighted by Gasteiger charge is -2.09. The first kappa shape index (κ1) is 12.4. The Balaban J connectivity index is 1.93. The van der Waals surface area contributed by atoms with Crippen LogP contribution < -0.4 is 5.32 Å². The van der Waals surface area contributed by atoms with Gasteiger partial charge < -0.3 is 5.32 Å². The third-order valence-electron chi connectivity index (χ3n) is 3.00. The molecule has 3 rings (SSSR count). The highest BCUT2D eigenvalue weighted by Crippen LogP contribution is 2.28. The van der Waals surface area contributed by atoms with Crippen LogP contribution in [-0.4, -0.2) is 9.97 Å². The molecule has 0 aliphatic heterocycles. The van der Waals surface area contributed by atoms with Gasteiger partial charge in [0.1, 0.15) is 0 Å². The predicted octanol–water partition coefficient (Wildman–Crippen LogP) is 4.27. The molecular formula is C14H12ClN3S. The maximum Gasteiger partial charge on any atom is 0.0948 e. The number of nitrogens with zero attached hydrogens (tertiary/aromatic N) is 2. The van der Waals surface area contributed by atoms with E-state index in [1.54, 1.807) is 17.5 Å². The first-order chi connectivity index (χ1) is 9.25. The van der Waals surface area contributed by atoms with Gasteiger partial charge in [-0.3, -0.25) is 4.98 Å². The Morgan fingerprint density at radius 2 is 2.16 bits per heavy atom. The summed E-state index contributed by atoms with van der Waals surface area (Å²) >= 11 is 7.84. The van der Waals surface area contributed by atoms with E-state index in [4.69, 9.17) is 11.6 Å². The summed E-state index contributed by atoms with van der Waals surface area (Å²) in [6.07, 6.45) is 1.78. The summed E-state index contributed by atoms with van der Waals surface area (Å²) in [5, 5.41) is 5.10. The zero-order valence-electron chi connectivity index (χ0n) is 10.4. The number of anilines is 1. The molecule has 0 amide bonds. The SMILES string of the molecule is Cc1ncsc1CNc1ccc(Cl)c2cccnc12. The normalized spacial score (nSPS) is 10.8. The number of nitrogens with one attached hydrogen (secondary N) is 1. The second kappa shape index (κ2) is 5.15. The monoisotopic (exact) mass is 289 g/mol. The van der Waals surface area contributed by atoms with Crippen LogP contribution in [0.15, 0.2) is 36.0 Å². The van der Waals surface area contributed by atoms with Crippen LogP contribution in [0.25, 0.3) is 10.9 Å². The van der Waals surface area contributed by atoms with Crippen LogP contribution >= 0.6 is 22.9 Å². The van der Waals surface area contributed by atoms with E-state index in [9.17, 15) is 0 Å². The molecular weight excluding hydrogens is 278 g/mol. The Labute approximate surface area is 120 Å². The summed E-state index contributed by atoms with van der Waals surface area (Å²) in [5.74, 6) is 0. The molecule has 0 aliphatic rings. The molecule has 3 nitrogen and oxygen atoms in total.